The van der Waals surface area contributed by atoms with Gasteiger partial charge in [-0.2, -0.15) is 0 Å². The number of nitrogens with one attached hydrogen (secondary N) is 1. The van der Waals surface area contributed by atoms with Crippen LogP contribution in [0.2, 0.25) is 5.02 Å². The maximum atomic E-state index is 11.1. The molecule has 0 amide bonds. The molecule has 0 saturated carbocycles. The van der Waals surface area contributed by atoms with Crippen LogP contribution in [0.5, 0.6) is 0 Å². The van der Waals surface area contributed by atoms with Crippen molar-refractivity contribution < 1.29 is 9.90 Å². The second kappa shape index (κ2) is 4.68. The van der Waals surface area contributed by atoms with Crippen molar-refractivity contribution in [1.29, 1.82) is 0 Å². The molecule has 1 aliphatic heterocycles. The van der Waals surface area contributed by atoms with Crippen molar-refractivity contribution in [3.05, 3.63) is 40.4 Å². The summed E-state index contributed by atoms with van der Waals surface area (Å²) in [6.45, 7) is 1.24. The predicted molar refractivity (Wildman–Crippen MR) is 63.5 cm³/mol. The summed E-state index contributed by atoms with van der Waals surface area (Å²) >= 11 is 5.80. The number of hydrogen-bond donors (Lipinski definition) is 2. The first-order valence-electron chi connectivity index (χ1n) is 5.10. The minimum absolute atomic E-state index is 0.424. The molecule has 0 bridgehead atoms. The lowest BCUT2D eigenvalue weighted by Crippen LogP contribution is -2.28. The number of halogens is 1. The number of rotatable bonds is 2. The smallest absolute Gasteiger partial charge is 0.333 e. The van der Waals surface area contributed by atoms with Gasteiger partial charge in [0.25, 0.3) is 0 Å². The summed E-state index contributed by atoms with van der Waals surface area (Å²) < 4.78 is 0. The van der Waals surface area contributed by atoms with Crippen LogP contribution in [0.15, 0.2) is 29.8 Å². The molecule has 0 unspecified atom stereocenters. The van der Waals surface area contributed by atoms with E-state index in [0.717, 1.165) is 24.1 Å². The molecule has 2 rings (SSSR count). The third-order valence-corrected chi connectivity index (χ3v) is 2.92. The van der Waals surface area contributed by atoms with Crippen molar-refractivity contribution >= 4 is 23.1 Å². The third-order valence-electron chi connectivity index (χ3n) is 2.67. The summed E-state index contributed by atoms with van der Waals surface area (Å²) in [6.07, 6.45) is 0.739. The number of carbonyl (C=O) groups is 1. The second-order valence-electron chi connectivity index (χ2n) is 3.70. The molecule has 0 atom stereocenters. The molecule has 1 aliphatic rings. The van der Waals surface area contributed by atoms with Crippen LogP contribution in [0.1, 0.15) is 12.0 Å². The van der Waals surface area contributed by atoms with Gasteiger partial charge >= 0.3 is 5.97 Å². The highest BCUT2D eigenvalue weighted by Crippen LogP contribution is 2.25. The molecular formula is C12H12ClNO2. The Bertz CT molecular complexity index is 437. The maximum Gasteiger partial charge on any atom is 0.333 e. The number of carboxylic acids is 1. The second-order valence-corrected chi connectivity index (χ2v) is 4.13. The van der Waals surface area contributed by atoms with E-state index in [-0.39, 0.29) is 0 Å². The van der Waals surface area contributed by atoms with Crippen molar-refractivity contribution in [2.45, 2.75) is 6.42 Å². The lowest BCUT2D eigenvalue weighted by Gasteiger charge is -2.19. The van der Waals surface area contributed by atoms with Crippen molar-refractivity contribution in [3.8, 4) is 0 Å². The lowest BCUT2D eigenvalue weighted by atomic mass is 9.94. The third kappa shape index (κ3) is 2.26. The van der Waals surface area contributed by atoms with Gasteiger partial charge in [0.05, 0.1) is 5.57 Å². The molecule has 0 saturated heterocycles. The summed E-state index contributed by atoms with van der Waals surface area (Å²) in [5.41, 5.74) is 2.31. The van der Waals surface area contributed by atoms with E-state index < -0.39 is 5.97 Å². The van der Waals surface area contributed by atoms with Crippen LogP contribution in [-0.2, 0) is 4.79 Å². The molecule has 1 heterocycles. The number of carboxylic acid groups (broad SMARTS) is 1. The van der Waals surface area contributed by atoms with Gasteiger partial charge in [-0.15, -0.1) is 0 Å². The minimum atomic E-state index is -0.850. The standard InChI is InChI=1S/C12H12ClNO2/c13-9-3-1-8(2-4-9)10-5-6-14-7-11(10)12(15)16/h1-4,14H,5-7H2,(H,15,16). The van der Waals surface area contributed by atoms with Crippen molar-refractivity contribution in [2.75, 3.05) is 13.1 Å². The largest absolute Gasteiger partial charge is 0.478 e. The minimum Gasteiger partial charge on any atom is -0.478 e. The summed E-state index contributed by atoms with van der Waals surface area (Å²) in [7, 11) is 0. The van der Waals surface area contributed by atoms with Crippen LogP contribution >= 0.6 is 11.6 Å². The molecule has 84 valence electrons. The number of benzene rings is 1. The molecule has 0 spiro atoms. The van der Waals surface area contributed by atoms with E-state index in [1.165, 1.54) is 0 Å². The van der Waals surface area contributed by atoms with Crippen LogP contribution < -0.4 is 5.32 Å². The van der Waals surface area contributed by atoms with E-state index in [9.17, 15) is 4.79 Å². The average Bonchev–Trinajstić information content (AvgIpc) is 2.30. The quantitative estimate of drug-likeness (QED) is 0.829. The highest BCUT2D eigenvalue weighted by Gasteiger charge is 2.18. The van der Waals surface area contributed by atoms with Crippen molar-refractivity contribution in [2.24, 2.45) is 0 Å². The average molecular weight is 238 g/mol. The fourth-order valence-corrected chi connectivity index (χ4v) is 1.98. The summed E-state index contributed by atoms with van der Waals surface area (Å²) in [5.74, 6) is -0.850. The topological polar surface area (TPSA) is 49.3 Å². The fraction of sp³-hybridized carbons (Fsp3) is 0.250. The molecule has 0 aliphatic carbocycles. The first-order valence-corrected chi connectivity index (χ1v) is 5.48. The fourth-order valence-electron chi connectivity index (χ4n) is 1.86. The van der Waals surface area contributed by atoms with E-state index >= 15 is 0 Å². The molecule has 4 heteroatoms. The van der Waals surface area contributed by atoms with Gasteiger partial charge in [-0.1, -0.05) is 23.7 Å². The monoisotopic (exact) mass is 237 g/mol. The molecule has 2 N–H and O–H groups in total. The molecule has 3 nitrogen and oxygen atoms in total. The predicted octanol–water partition coefficient (Wildman–Crippen LogP) is 2.17. The normalized spacial score (nSPS) is 16.3. The Morgan fingerprint density at radius 2 is 2.00 bits per heavy atom. The van der Waals surface area contributed by atoms with E-state index in [1.807, 2.05) is 12.1 Å². The lowest BCUT2D eigenvalue weighted by molar-refractivity contribution is -0.132. The van der Waals surface area contributed by atoms with Gasteiger partial charge in [-0.3, -0.25) is 0 Å². The molecule has 0 radical (unpaired) electrons. The van der Waals surface area contributed by atoms with Crippen LogP contribution in [0.4, 0.5) is 0 Å². The SMILES string of the molecule is O=C(O)C1=C(c2ccc(Cl)cc2)CCNC1. The molecule has 0 aromatic heterocycles. The zero-order valence-corrected chi connectivity index (χ0v) is 9.42. The van der Waals surface area contributed by atoms with Crippen molar-refractivity contribution in [3.63, 3.8) is 0 Å². The van der Waals surface area contributed by atoms with Gasteiger partial charge in [0.2, 0.25) is 0 Å². The molecule has 0 fully saturated rings. The van der Waals surface area contributed by atoms with Crippen LogP contribution in [0.25, 0.3) is 5.57 Å². The zero-order valence-electron chi connectivity index (χ0n) is 8.66. The Morgan fingerprint density at radius 3 is 2.62 bits per heavy atom. The Morgan fingerprint density at radius 1 is 1.31 bits per heavy atom. The molecule has 1 aromatic rings. The van der Waals surface area contributed by atoms with Gasteiger partial charge in [-0.25, -0.2) is 4.79 Å². The van der Waals surface area contributed by atoms with Crippen LogP contribution in [-0.4, -0.2) is 24.2 Å². The molecule has 16 heavy (non-hydrogen) atoms. The summed E-state index contributed by atoms with van der Waals surface area (Å²) in [4.78, 5) is 11.1. The van der Waals surface area contributed by atoms with Gasteiger partial charge in [0.1, 0.15) is 0 Å². The van der Waals surface area contributed by atoms with Crippen LogP contribution in [0.3, 0.4) is 0 Å². The van der Waals surface area contributed by atoms with E-state index in [0.29, 0.717) is 17.1 Å². The van der Waals surface area contributed by atoms with Crippen LogP contribution in [0, 0.1) is 0 Å². The van der Waals surface area contributed by atoms with Gasteiger partial charge in [0, 0.05) is 11.6 Å². The first-order chi connectivity index (χ1) is 7.68. The number of hydrogen-bond acceptors (Lipinski definition) is 2. The maximum absolute atomic E-state index is 11.1. The van der Waals surface area contributed by atoms with E-state index in [2.05, 4.69) is 5.32 Å². The molecular weight excluding hydrogens is 226 g/mol. The molecule has 1 aromatic carbocycles. The first kappa shape index (κ1) is 11.2. The Labute approximate surface area is 98.7 Å². The van der Waals surface area contributed by atoms with Gasteiger partial charge < -0.3 is 10.4 Å². The highest BCUT2D eigenvalue weighted by atomic mass is 35.5. The Hall–Kier alpha value is -1.32. The number of aliphatic carboxylic acids is 1. The highest BCUT2D eigenvalue weighted by molar-refractivity contribution is 6.30. The summed E-state index contributed by atoms with van der Waals surface area (Å²) in [5, 5.41) is 12.8. The van der Waals surface area contributed by atoms with Crippen molar-refractivity contribution in [1.82, 2.24) is 5.32 Å². The van der Waals surface area contributed by atoms with E-state index in [1.54, 1.807) is 12.1 Å². The van der Waals surface area contributed by atoms with Gasteiger partial charge in [-0.05, 0) is 36.2 Å². The van der Waals surface area contributed by atoms with E-state index in [4.69, 9.17) is 16.7 Å². The zero-order chi connectivity index (χ0) is 11.5. The summed E-state index contributed by atoms with van der Waals surface area (Å²) in [6, 6.07) is 7.30. The van der Waals surface area contributed by atoms with Gasteiger partial charge in [0.15, 0.2) is 0 Å². The Balaban J connectivity index is 2.43. The Kier molecular flexibility index (Phi) is 3.27.